The number of aryl methyl sites for hydroxylation is 2. The van der Waals surface area contributed by atoms with Crippen molar-refractivity contribution in [2.45, 2.75) is 26.8 Å². The second kappa shape index (κ2) is 7.76. The van der Waals surface area contributed by atoms with Crippen LogP contribution in [-0.4, -0.2) is 41.4 Å². The molecule has 7 heteroatoms. The zero-order valence-corrected chi connectivity index (χ0v) is 17.2. The minimum atomic E-state index is -0.833. The van der Waals surface area contributed by atoms with Gasteiger partial charge in [0.05, 0.1) is 12.4 Å². The van der Waals surface area contributed by atoms with E-state index in [1.54, 1.807) is 31.3 Å². The standard InChI is InChI=1S/C23H23N3O4/c1-4-19-18(17-7-5-6-8-20(17)30-19)13-24(3)14-25-21(27)22(28)26(23(25)29)16-11-9-15(2)10-12-16/h5-12H,4,13-14H2,1-3H3. The molecule has 2 heterocycles. The van der Waals surface area contributed by atoms with Crippen LogP contribution in [0.5, 0.6) is 0 Å². The minimum Gasteiger partial charge on any atom is -0.461 e. The van der Waals surface area contributed by atoms with Crippen LogP contribution in [-0.2, 0) is 22.6 Å². The molecule has 3 aromatic rings. The molecule has 0 radical (unpaired) electrons. The molecular weight excluding hydrogens is 382 g/mol. The Labute approximate surface area is 174 Å². The predicted molar refractivity (Wildman–Crippen MR) is 113 cm³/mol. The first-order valence-corrected chi connectivity index (χ1v) is 9.85. The van der Waals surface area contributed by atoms with Gasteiger partial charge in [-0.2, -0.15) is 0 Å². The fraction of sp³-hybridized carbons (Fsp3) is 0.261. The van der Waals surface area contributed by atoms with Crippen molar-refractivity contribution in [1.29, 1.82) is 0 Å². The number of anilines is 1. The van der Waals surface area contributed by atoms with Gasteiger partial charge < -0.3 is 4.42 Å². The Balaban J connectivity index is 1.54. The Morgan fingerprint density at radius 1 is 0.967 bits per heavy atom. The number of imide groups is 2. The fourth-order valence-corrected chi connectivity index (χ4v) is 3.72. The molecule has 0 spiro atoms. The lowest BCUT2D eigenvalue weighted by Gasteiger charge is -2.22. The summed E-state index contributed by atoms with van der Waals surface area (Å²) in [5.41, 5.74) is 3.23. The highest BCUT2D eigenvalue weighted by atomic mass is 16.3. The molecule has 1 aliphatic rings. The molecule has 1 saturated heterocycles. The van der Waals surface area contributed by atoms with Crippen molar-refractivity contribution >= 4 is 34.5 Å². The molecule has 0 atom stereocenters. The first-order valence-electron chi connectivity index (χ1n) is 9.85. The van der Waals surface area contributed by atoms with Gasteiger partial charge in [0, 0.05) is 23.9 Å². The molecule has 30 heavy (non-hydrogen) atoms. The van der Waals surface area contributed by atoms with Crippen LogP contribution in [0.2, 0.25) is 0 Å². The SMILES string of the molecule is CCc1oc2ccccc2c1CN(C)CN1C(=O)C(=O)N(c2ccc(C)cc2)C1=O. The van der Waals surface area contributed by atoms with Crippen LogP contribution in [0.1, 0.15) is 23.8 Å². The number of fused-ring (bicyclic) bond motifs is 1. The van der Waals surface area contributed by atoms with Crippen LogP contribution in [0.15, 0.2) is 52.9 Å². The number of carbonyl (C=O) groups is 3. The van der Waals surface area contributed by atoms with Crippen molar-refractivity contribution in [3.05, 3.63) is 65.4 Å². The van der Waals surface area contributed by atoms with Crippen molar-refractivity contribution in [1.82, 2.24) is 9.80 Å². The van der Waals surface area contributed by atoms with Crippen molar-refractivity contribution in [2.24, 2.45) is 0 Å². The normalized spacial score (nSPS) is 14.6. The van der Waals surface area contributed by atoms with E-state index in [-0.39, 0.29) is 6.67 Å². The summed E-state index contributed by atoms with van der Waals surface area (Å²) >= 11 is 0. The van der Waals surface area contributed by atoms with Crippen LogP contribution >= 0.6 is 0 Å². The average molecular weight is 405 g/mol. The zero-order valence-electron chi connectivity index (χ0n) is 17.2. The molecule has 7 nitrogen and oxygen atoms in total. The van der Waals surface area contributed by atoms with E-state index in [1.807, 2.05) is 43.0 Å². The minimum absolute atomic E-state index is 0.00836. The summed E-state index contributed by atoms with van der Waals surface area (Å²) in [4.78, 5) is 41.6. The molecule has 154 valence electrons. The van der Waals surface area contributed by atoms with Gasteiger partial charge in [-0.25, -0.2) is 14.6 Å². The summed E-state index contributed by atoms with van der Waals surface area (Å²) in [6.07, 6.45) is 0.735. The largest absolute Gasteiger partial charge is 0.461 e. The van der Waals surface area contributed by atoms with Gasteiger partial charge in [0.2, 0.25) is 0 Å². The van der Waals surface area contributed by atoms with Gasteiger partial charge in [-0.3, -0.25) is 14.5 Å². The molecule has 2 aromatic carbocycles. The lowest BCUT2D eigenvalue weighted by atomic mass is 10.1. The van der Waals surface area contributed by atoms with E-state index in [4.69, 9.17) is 4.42 Å². The van der Waals surface area contributed by atoms with Crippen LogP contribution in [0, 0.1) is 6.92 Å². The maximum absolute atomic E-state index is 12.9. The summed E-state index contributed by atoms with van der Waals surface area (Å²) in [7, 11) is 1.81. The summed E-state index contributed by atoms with van der Waals surface area (Å²) in [5, 5.41) is 1.01. The second-order valence-electron chi connectivity index (χ2n) is 7.50. The Bertz CT molecular complexity index is 1130. The third-order valence-corrected chi connectivity index (χ3v) is 5.26. The molecule has 4 rings (SSSR count). The van der Waals surface area contributed by atoms with Crippen molar-refractivity contribution < 1.29 is 18.8 Å². The van der Waals surface area contributed by atoms with Crippen LogP contribution < -0.4 is 4.90 Å². The number of urea groups is 1. The number of carbonyl (C=O) groups excluding carboxylic acids is 3. The molecule has 0 bridgehead atoms. The maximum atomic E-state index is 12.9. The van der Waals surface area contributed by atoms with Crippen LogP contribution in [0.3, 0.4) is 0 Å². The topological polar surface area (TPSA) is 74.1 Å². The summed E-state index contributed by atoms with van der Waals surface area (Å²) < 4.78 is 5.93. The van der Waals surface area contributed by atoms with Gasteiger partial charge in [0.15, 0.2) is 0 Å². The molecule has 0 aliphatic carbocycles. The zero-order chi connectivity index (χ0) is 21.4. The van der Waals surface area contributed by atoms with E-state index in [2.05, 4.69) is 0 Å². The Kier molecular flexibility index (Phi) is 5.13. The third-order valence-electron chi connectivity index (χ3n) is 5.26. The third kappa shape index (κ3) is 3.37. The van der Waals surface area contributed by atoms with Gasteiger partial charge in [0.1, 0.15) is 11.3 Å². The monoisotopic (exact) mass is 405 g/mol. The summed E-state index contributed by atoms with van der Waals surface area (Å²) in [6, 6.07) is 14.1. The summed E-state index contributed by atoms with van der Waals surface area (Å²) in [5.74, 6) is -0.778. The molecule has 1 aromatic heterocycles. The summed E-state index contributed by atoms with van der Waals surface area (Å²) in [6.45, 7) is 4.42. The van der Waals surface area contributed by atoms with E-state index >= 15 is 0 Å². The fourth-order valence-electron chi connectivity index (χ4n) is 3.72. The number of nitrogens with zero attached hydrogens (tertiary/aromatic N) is 3. The first kappa shape index (κ1) is 19.8. The number of hydrogen-bond acceptors (Lipinski definition) is 5. The van der Waals surface area contributed by atoms with Gasteiger partial charge in [0.25, 0.3) is 0 Å². The molecule has 1 fully saturated rings. The van der Waals surface area contributed by atoms with Gasteiger partial charge in [-0.1, -0.05) is 42.8 Å². The highest BCUT2D eigenvalue weighted by molar-refractivity contribution is 6.52. The van der Waals surface area contributed by atoms with E-state index in [9.17, 15) is 14.4 Å². The molecule has 0 N–H and O–H groups in total. The number of para-hydroxylation sites is 1. The Morgan fingerprint density at radius 3 is 2.37 bits per heavy atom. The number of benzene rings is 2. The highest BCUT2D eigenvalue weighted by Crippen LogP contribution is 2.28. The highest BCUT2D eigenvalue weighted by Gasteiger charge is 2.45. The average Bonchev–Trinajstić information content (AvgIpc) is 3.19. The molecule has 0 unspecified atom stereocenters. The van der Waals surface area contributed by atoms with E-state index < -0.39 is 17.8 Å². The van der Waals surface area contributed by atoms with E-state index in [0.717, 1.165) is 44.1 Å². The van der Waals surface area contributed by atoms with E-state index in [1.165, 1.54) is 0 Å². The predicted octanol–water partition coefficient (Wildman–Crippen LogP) is 3.69. The number of amides is 4. The Hall–Kier alpha value is -3.45. The van der Waals surface area contributed by atoms with Gasteiger partial charge >= 0.3 is 17.8 Å². The molecule has 1 aliphatic heterocycles. The smallest absolute Gasteiger partial charge is 0.340 e. The Morgan fingerprint density at radius 2 is 1.67 bits per heavy atom. The van der Waals surface area contributed by atoms with Crippen molar-refractivity contribution in [3.63, 3.8) is 0 Å². The number of furan rings is 1. The second-order valence-corrected chi connectivity index (χ2v) is 7.50. The molecular formula is C23H23N3O4. The van der Waals surface area contributed by atoms with E-state index in [0.29, 0.717) is 12.2 Å². The lowest BCUT2D eigenvalue weighted by Crippen LogP contribution is -2.40. The molecule has 0 saturated carbocycles. The maximum Gasteiger partial charge on any atom is 0.340 e. The van der Waals surface area contributed by atoms with Crippen LogP contribution in [0.25, 0.3) is 11.0 Å². The van der Waals surface area contributed by atoms with Gasteiger partial charge in [-0.15, -0.1) is 0 Å². The number of hydrogen-bond donors (Lipinski definition) is 0. The van der Waals surface area contributed by atoms with Crippen LogP contribution in [0.4, 0.5) is 10.5 Å². The lowest BCUT2D eigenvalue weighted by molar-refractivity contribution is -0.140. The van der Waals surface area contributed by atoms with Crippen molar-refractivity contribution in [2.75, 3.05) is 18.6 Å². The first-order chi connectivity index (χ1) is 14.4. The number of rotatable bonds is 6. The van der Waals surface area contributed by atoms with Gasteiger partial charge in [-0.05, 0) is 32.2 Å². The van der Waals surface area contributed by atoms with Crippen molar-refractivity contribution in [3.8, 4) is 0 Å². The quantitative estimate of drug-likeness (QED) is 0.462. The molecule has 4 amide bonds.